The molecular formula is C89H150O16P2. The quantitative estimate of drug-likeness (QED) is 0.0146. The number of hydrogen-bond acceptors (Lipinski definition) is 14. The van der Waals surface area contributed by atoms with E-state index in [-0.39, 0.29) is 19.3 Å². The van der Waals surface area contributed by atoms with E-state index in [0.29, 0.717) is 19.3 Å². The zero-order chi connectivity index (χ0) is 78.0. The molecule has 0 bridgehead atoms. The molecule has 0 aromatic rings. The molecule has 0 amide bonds. The highest BCUT2D eigenvalue weighted by Crippen LogP contribution is 2.45. The van der Waals surface area contributed by atoms with Gasteiger partial charge in [0.2, 0.25) is 0 Å². The molecular weight excluding hydrogens is 1390 g/mol. The zero-order valence-electron chi connectivity index (χ0n) is 67.0. The van der Waals surface area contributed by atoms with Crippen LogP contribution in [0.1, 0.15) is 329 Å². The molecule has 4 N–H and O–H groups in total. The second-order valence-corrected chi connectivity index (χ2v) is 30.4. The first-order valence-corrected chi connectivity index (χ1v) is 44.8. The lowest BCUT2D eigenvalue weighted by Crippen LogP contribution is -2.30. The van der Waals surface area contributed by atoms with Crippen LogP contribution in [-0.2, 0) is 55.8 Å². The fourth-order valence-electron chi connectivity index (χ4n) is 10.9. The number of ether oxygens (including phenoxy) is 3. The van der Waals surface area contributed by atoms with Crippen molar-refractivity contribution in [1.82, 2.24) is 0 Å². The van der Waals surface area contributed by atoms with Crippen LogP contribution in [0.15, 0.2) is 158 Å². The number of hydrogen-bond donors (Lipinski definition) is 4. The summed E-state index contributed by atoms with van der Waals surface area (Å²) in [5, 5.41) is 20.7. The Kier molecular flexibility index (Phi) is 77.0. The summed E-state index contributed by atoms with van der Waals surface area (Å²) >= 11 is 0. The average Bonchev–Trinajstić information content (AvgIpc) is 0.909. The molecule has 0 saturated carbocycles. The fraction of sp³-hybridized carbons (Fsp3) is 0.674. The number of phosphoric ester groups is 2. The van der Waals surface area contributed by atoms with Crippen molar-refractivity contribution in [2.75, 3.05) is 39.6 Å². The van der Waals surface area contributed by atoms with Crippen molar-refractivity contribution >= 4 is 33.6 Å². The molecule has 5 atom stereocenters. The Morgan fingerprint density at radius 1 is 0.271 bits per heavy atom. The number of carbonyl (C=O) groups is 3. The van der Waals surface area contributed by atoms with Crippen molar-refractivity contribution < 1.29 is 75.8 Å². The van der Waals surface area contributed by atoms with E-state index in [9.17, 15) is 43.5 Å². The van der Waals surface area contributed by atoms with Gasteiger partial charge in [-0.25, -0.2) is 9.13 Å². The normalized spacial score (nSPS) is 14.7. The SMILES string of the molecule is CC/C=C\C/C=C\C/C=C\C/C=C\C/C=C\C/C=C\CCCCCCCCCCCCC(=O)OCC(O)COP(=O)(O)OCC(O)COP(=O)(O)OCC(COC(=O)CCCCCCCCCCCC/C=C\C/C=C\C/C=C\C/C=C\C/C=C\C/C=C\CC)OC(=O)CCCCCCC/C=C\CCCCCC. The van der Waals surface area contributed by atoms with Gasteiger partial charge >= 0.3 is 33.6 Å². The van der Waals surface area contributed by atoms with Gasteiger partial charge in [-0.15, -0.1) is 0 Å². The largest absolute Gasteiger partial charge is 0.472 e. The number of unbranched alkanes of at least 4 members (excludes halogenated alkanes) is 29. The number of carbonyl (C=O) groups excluding carboxylic acids is 3. The topological polar surface area (TPSA) is 231 Å². The minimum atomic E-state index is -4.94. The molecule has 0 aromatic carbocycles. The molecule has 0 heterocycles. The molecule has 0 rings (SSSR count). The summed E-state index contributed by atoms with van der Waals surface area (Å²) in [7, 11) is -9.80. The van der Waals surface area contributed by atoms with E-state index in [1.165, 1.54) is 89.9 Å². The van der Waals surface area contributed by atoms with E-state index in [1.807, 2.05) is 0 Å². The number of allylic oxidation sites excluding steroid dienone is 26. The molecule has 612 valence electrons. The van der Waals surface area contributed by atoms with Gasteiger partial charge < -0.3 is 34.2 Å². The summed E-state index contributed by atoms with van der Waals surface area (Å²) in [4.78, 5) is 58.7. The molecule has 5 unspecified atom stereocenters. The predicted molar refractivity (Wildman–Crippen MR) is 445 cm³/mol. The van der Waals surface area contributed by atoms with Crippen LogP contribution in [-0.4, -0.2) is 95.9 Å². The lowest BCUT2D eigenvalue weighted by atomic mass is 10.1. The first kappa shape index (κ1) is 102. The van der Waals surface area contributed by atoms with E-state index in [2.05, 4.69) is 179 Å². The van der Waals surface area contributed by atoms with Gasteiger partial charge in [0.05, 0.1) is 26.4 Å². The lowest BCUT2D eigenvalue weighted by molar-refractivity contribution is -0.161. The van der Waals surface area contributed by atoms with Gasteiger partial charge in [0.25, 0.3) is 0 Å². The van der Waals surface area contributed by atoms with Crippen LogP contribution >= 0.6 is 15.6 Å². The van der Waals surface area contributed by atoms with E-state index >= 15 is 0 Å². The predicted octanol–water partition coefficient (Wildman–Crippen LogP) is 25.0. The number of phosphoric acid groups is 2. The van der Waals surface area contributed by atoms with Gasteiger partial charge in [0, 0.05) is 19.3 Å². The first-order chi connectivity index (χ1) is 52.2. The van der Waals surface area contributed by atoms with E-state index in [4.69, 9.17) is 32.3 Å². The minimum Gasteiger partial charge on any atom is -0.463 e. The summed E-state index contributed by atoms with van der Waals surface area (Å²) in [5.41, 5.74) is 0. The first-order valence-electron chi connectivity index (χ1n) is 41.8. The molecule has 0 fully saturated rings. The smallest absolute Gasteiger partial charge is 0.463 e. The minimum absolute atomic E-state index is 0.0906. The van der Waals surface area contributed by atoms with E-state index in [1.54, 1.807) is 0 Å². The summed E-state index contributed by atoms with van der Waals surface area (Å²) < 4.78 is 61.2. The maximum absolute atomic E-state index is 13.0. The maximum Gasteiger partial charge on any atom is 0.472 e. The van der Waals surface area contributed by atoms with Crippen molar-refractivity contribution in [3.05, 3.63) is 158 Å². The Labute approximate surface area is 650 Å². The molecule has 16 nitrogen and oxygen atoms in total. The van der Waals surface area contributed by atoms with Crippen LogP contribution in [0.2, 0.25) is 0 Å². The molecule has 0 aromatic heterocycles. The zero-order valence-corrected chi connectivity index (χ0v) is 68.8. The van der Waals surface area contributed by atoms with Crippen LogP contribution in [0.4, 0.5) is 0 Å². The number of aliphatic hydroxyl groups excluding tert-OH is 2. The van der Waals surface area contributed by atoms with Crippen molar-refractivity contribution in [2.24, 2.45) is 0 Å². The molecule has 0 aliphatic heterocycles. The number of esters is 3. The Morgan fingerprint density at radius 2 is 0.495 bits per heavy atom. The summed E-state index contributed by atoms with van der Waals surface area (Å²) in [6.07, 6.45) is 101. The van der Waals surface area contributed by atoms with E-state index < -0.39 is 91.5 Å². The Bertz CT molecular complexity index is 2580. The Balaban J connectivity index is 4.51. The van der Waals surface area contributed by atoms with Crippen LogP contribution < -0.4 is 0 Å². The summed E-state index contributed by atoms with van der Waals surface area (Å²) in [6.45, 7) is 2.43. The van der Waals surface area contributed by atoms with E-state index in [0.717, 1.165) is 180 Å². The van der Waals surface area contributed by atoms with Gasteiger partial charge in [-0.1, -0.05) is 320 Å². The standard InChI is InChI=1S/C89H150O16P2/c1-4-7-10-13-16-19-22-25-27-29-31-33-35-37-39-41-43-45-47-49-51-53-55-58-60-63-66-69-72-75-87(92)99-78-84(90)79-101-106(95,96)102-80-85(91)81-103-107(97,98)104-83-86(105-89(94)77-74-71-68-65-62-57-24-21-18-15-12-9-6-3)82-100-88(93)76-73-70-67-64-61-59-56-54-52-50-48-46-44-42-40-38-36-34-32-30-28-26-23-20-17-14-11-8-5-2/h7-8,10-11,16-17,19-21,24-28,31-34,37-40,43-46,84-86,90-91H,4-6,9,12-15,18,22-23,29-30,35-36,41-42,47-83H2,1-3H3,(H,95,96)(H,97,98)/b10-7-,11-8-,19-16-,20-17-,24-21-,27-25-,28-26-,33-31-,34-32-,39-37-,40-38-,45-43-,46-44-. The Hall–Kier alpha value is -4.83. The lowest BCUT2D eigenvalue weighted by Gasteiger charge is -2.21. The van der Waals surface area contributed by atoms with Gasteiger partial charge in [-0.2, -0.15) is 0 Å². The average molecular weight is 1540 g/mol. The monoisotopic (exact) mass is 1540 g/mol. The number of aliphatic hydroxyl groups is 2. The summed E-state index contributed by atoms with van der Waals surface area (Å²) in [5.74, 6) is -1.59. The van der Waals surface area contributed by atoms with Crippen LogP contribution in [0, 0.1) is 0 Å². The molecule has 0 saturated heterocycles. The van der Waals surface area contributed by atoms with Gasteiger partial charge in [-0.3, -0.25) is 32.5 Å². The molecule has 0 aliphatic rings. The van der Waals surface area contributed by atoms with Crippen molar-refractivity contribution in [3.8, 4) is 0 Å². The van der Waals surface area contributed by atoms with Crippen LogP contribution in [0.25, 0.3) is 0 Å². The molecule has 107 heavy (non-hydrogen) atoms. The van der Waals surface area contributed by atoms with Crippen molar-refractivity contribution in [3.63, 3.8) is 0 Å². The van der Waals surface area contributed by atoms with Crippen molar-refractivity contribution in [1.29, 1.82) is 0 Å². The van der Waals surface area contributed by atoms with Gasteiger partial charge in [0.1, 0.15) is 25.4 Å². The third kappa shape index (κ3) is 82.0. The summed E-state index contributed by atoms with van der Waals surface area (Å²) in [6, 6.07) is 0. The second kappa shape index (κ2) is 80.7. The molecule has 0 radical (unpaired) electrons. The van der Waals surface area contributed by atoms with Crippen LogP contribution in [0.3, 0.4) is 0 Å². The third-order valence-corrected chi connectivity index (χ3v) is 19.1. The molecule has 0 spiro atoms. The maximum atomic E-state index is 13.0. The number of rotatable bonds is 78. The second-order valence-electron chi connectivity index (χ2n) is 27.5. The molecule has 18 heteroatoms. The highest BCUT2D eigenvalue weighted by atomic mass is 31.2. The van der Waals surface area contributed by atoms with Crippen LogP contribution in [0.5, 0.6) is 0 Å². The third-order valence-electron chi connectivity index (χ3n) is 17.2. The van der Waals surface area contributed by atoms with Crippen molar-refractivity contribution in [2.45, 2.75) is 347 Å². The van der Waals surface area contributed by atoms with Gasteiger partial charge in [-0.05, 0) is 148 Å². The highest BCUT2D eigenvalue weighted by Gasteiger charge is 2.29. The highest BCUT2D eigenvalue weighted by molar-refractivity contribution is 7.47. The molecule has 0 aliphatic carbocycles. The van der Waals surface area contributed by atoms with Gasteiger partial charge in [0.15, 0.2) is 6.10 Å². The Morgan fingerprint density at radius 3 is 0.794 bits per heavy atom. The fourth-order valence-corrected chi connectivity index (χ4v) is 12.5.